The number of carbonyl (C=O) groups is 1. The van der Waals surface area contributed by atoms with Crippen molar-refractivity contribution < 1.29 is 28.4 Å². The molecule has 0 rings (SSSR count). The van der Waals surface area contributed by atoms with E-state index in [9.17, 15) is 19.4 Å². The minimum absolute atomic E-state index is 0.0739. The molecule has 0 fully saturated rings. The zero-order valence-electron chi connectivity index (χ0n) is 29.3. The van der Waals surface area contributed by atoms with Gasteiger partial charge in [-0.3, -0.25) is 13.8 Å². The van der Waals surface area contributed by atoms with Crippen molar-refractivity contribution in [2.24, 2.45) is 5.73 Å². The lowest BCUT2D eigenvalue weighted by molar-refractivity contribution is -0.123. The second kappa shape index (κ2) is 33.4. The van der Waals surface area contributed by atoms with Crippen molar-refractivity contribution in [1.29, 1.82) is 0 Å². The van der Waals surface area contributed by atoms with Crippen LogP contribution in [0.2, 0.25) is 0 Å². The lowest BCUT2D eigenvalue weighted by Crippen LogP contribution is -2.45. The molecule has 0 aliphatic carbocycles. The number of nitrogens with one attached hydrogen (secondary N) is 1. The predicted octanol–water partition coefficient (Wildman–Crippen LogP) is 9.38. The maximum absolute atomic E-state index is 12.6. The number of hydrogen-bond acceptors (Lipinski definition) is 6. The Kier molecular flexibility index (Phi) is 32.2. The Morgan fingerprint density at radius 3 is 1.78 bits per heavy atom. The molecule has 0 spiro atoms. The number of aliphatic hydroxyl groups is 1. The summed E-state index contributed by atoms with van der Waals surface area (Å²) < 4.78 is 21.9. The summed E-state index contributed by atoms with van der Waals surface area (Å²) in [5, 5.41) is 13.5. The summed E-state index contributed by atoms with van der Waals surface area (Å²) >= 11 is 0. The summed E-state index contributed by atoms with van der Waals surface area (Å²) in [5.41, 5.74) is 5.34. The summed E-state index contributed by atoms with van der Waals surface area (Å²) in [7, 11) is -4.33. The second-order valence-electron chi connectivity index (χ2n) is 12.1. The van der Waals surface area contributed by atoms with E-state index in [0.717, 1.165) is 64.2 Å². The SMILES string of the molecule is CCCCC/C=C\C/C=C\C/C=C\CCCCCCCCC(=O)NC(COP(=O)(O)OCCN)C(O)/C=C/CCCCCCCC. The van der Waals surface area contributed by atoms with Crippen molar-refractivity contribution in [3.05, 3.63) is 48.6 Å². The average molecular weight is 669 g/mol. The Bertz CT molecular complexity index is 861. The fourth-order valence-electron chi connectivity index (χ4n) is 4.84. The van der Waals surface area contributed by atoms with Gasteiger partial charge in [0.15, 0.2) is 0 Å². The van der Waals surface area contributed by atoms with Gasteiger partial charge in [0.05, 0.1) is 25.4 Å². The molecule has 0 aromatic carbocycles. The van der Waals surface area contributed by atoms with Gasteiger partial charge in [0, 0.05) is 13.0 Å². The van der Waals surface area contributed by atoms with E-state index in [1.54, 1.807) is 6.08 Å². The van der Waals surface area contributed by atoms with Crippen LogP contribution < -0.4 is 11.1 Å². The van der Waals surface area contributed by atoms with Crippen LogP contribution in [-0.4, -0.2) is 47.8 Å². The van der Waals surface area contributed by atoms with E-state index in [1.807, 2.05) is 6.08 Å². The third-order valence-corrected chi connectivity index (χ3v) is 8.63. The standard InChI is InChI=1S/C37H69N2O6P/c1-3-5-7-9-11-13-14-15-16-17-18-19-20-21-22-23-25-27-29-31-37(41)39-35(34-45-46(42,43)44-33-32-38)36(40)30-28-26-24-12-10-8-6-4-2/h11,13,15-16,18-19,28,30,35-36,40H,3-10,12,14,17,20-27,29,31-34,38H2,1-2H3,(H,39,41)(H,42,43)/b13-11-,16-15-,19-18-,30-28+. The first kappa shape index (κ1) is 44.5. The number of nitrogens with two attached hydrogens (primary N) is 1. The Morgan fingerprint density at radius 1 is 0.717 bits per heavy atom. The number of rotatable bonds is 33. The van der Waals surface area contributed by atoms with Crippen LogP contribution in [0.4, 0.5) is 0 Å². The molecule has 3 atom stereocenters. The fourth-order valence-corrected chi connectivity index (χ4v) is 5.60. The molecule has 8 nitrogen and oxygen atoms in total. The maximum atomic E-state index is 12.6. The van der Waals surface area contributed by atoms with Gasteiger partial charge in [-0.25, -0.2) is 4.57 Å². The van der Waals surface area contributed by atoms with Crippen LogP contribution in [0, 0.1) is 0 Å². The van der Waals surface area contributed by atoms with E-state index in [0.29, 0.717) is 6.42 Å². The lowest BCUT2D eigenvalue weighted by atomic mass is 10.1. The van der Waals surface area contributed by atoms with Crippen LogP contribution in [-0.2, 0) is 18.4 Å². The molecule has 0 saturated carbocycles. The topological polar surface area (TPSA) is 131 Å². The van der Waals surface area contributed by atoms with Gasteiger partial charge in [-0.05, 0) is 57.8 Å². The molecule has 0 aliphatic heterocycles. The van der Waals surface area contributed by atoms with Crippen LogP contribution in [0.1, 0.15) is 149 Å². The summed E-state index contributed by atoms with van der Waals surface area (Å²) in [6.07, 6.45) is 38.8. The zero-order chi connectivity index (χ0) is 34.0. The fraction of sp³-hybridized carbons (Fsp3) is 0.757. The molecule has 0 aliphatic rings. The number of amides is 1. The van der Waals surface area contributed by atoms with Crippen LogP contribution >= 0.6 is 7.82 Å². The van der Waals surface area contributed by atoms with E-state index in [4.69, 9.17) is 14.8 Å². The van der Waals surface area contributed by atoms with Crippen molar-refractivity contribution in [1.82, 2.24) is 5.32 Å². The molecule has 0 radical (unpaired) electrons. The van der Waals surface area contributed by atoms with Crippen LogP contribution in [0.15, 0.2) is 48.6 Å². The first-order chi connectivity index (χ1) is 22.4. The van der Waals surface area contributed by atoms with E-state index in [1.165, 1.54) is 64.2 Å². The highest BCUT2D eigenvalue weighted by Gasteiger charge is 2.26. The van der Waals surface area contributed by atoms with Gasteiger partial charge < -0.3 is 21.1 Å². The smallest absolute Gasteiger partial charge is 0.387 e. The molecule has 46 heavy (non-hydrogen) atoms. The van der Waals surface area contributed by atoms with Crippen LogP contribution in [0.3, 0.4) is 0 Å². The minimum Gasteiger partial charge on any atom is -0.387 e. The predicted molar refractivity (Wildman–Crippen MR) is 194 cm³/mol. The van der Waals surface area contributed by atoms with Crippen molar-refractivity contribution in [2.45, 2.75) is 161 Å². The number of allylic oxidation sites excluding steroid dienone is 7. The molecular weight excluding hydrogens is 599 g/mol. The first-order valence-corrected chi connectivity index (χ1v) is 19.8. The normalized spacial score (nSPS) is 15.0. The average Bonchev–Trinajstić information content (AvgIpc) is 3.04. The Hall–Kier alpha value is -1.54. The molecular formula is C37H69N2O6P. The highest BCUT2D eigenvalue weighted by atomic mass is 31.2. The second-order valence-corrected chi connectivity index (χ2v) is 13.5. The molecule has 5 N–H and O–H groups in total. The molecule has 0 aromatic heterocycles. The Morgan fingerprint density at radius 2 is 1.20 bits per heavy atom. The number of phosphoric ester groups is 1. The third-order valence-electron chi connectivity index (χ3n) is 7.65. The van der Waals surface area contributed by atoms with Gasteiger partial charge in [0.2, 0.25) is 5.91 Å². The van der Waals surface area contributed by atoms with Crippen molar-refractivity contribution in [2.75, 3.05) is 19.8 Å². The monoisotopic (exact) mass is 668 g/mol. The Labute approximate surface area is 282 Å². The summed E-state index contributed by atoms with van der Waals surface area (Å²) in [5.74, 6) is -0.213. The number of phosphoric acid groups is 1. The lowest BCUT2D eigenvalue weighted by Gasteiger charge is -2.23. The number of aliphatic hydroxyl groups excluding tert-OH is 1. The first-order valence-electron chi connectivity index (χ1n) is 18.3. The quantitative estimate of drug-likeness (QED) is 0.0311. The molecule has 0 aromatic rings. The summed E-state index contributed by atoms with van der Waals surface area (Å²) in [6, 6.07) is -0.865. The molecule has 268 valence electrons. The van der Waals surface area contributed by atoms with Crippen LogP contribution in [0.5, 0.6) is 0 Å². The molecule has 0 saturated heterocycles. The van der Waals surface area contributed by atoms with E-state index in [2.05, 4.69) is 55.6 Å². The van der Waals surface area contributed by atoms with E-state index >= 15 is 0 Å². The van der Waals surface area contributed by atoms with Gasteiger partial charge in [0.25, 0.3) is 0 Å². The van der Waals surface area contributed by atoms with Gasteiger partial charge in [-0.15, -0.1) is 0 Å². The van der Waals surface area contributed by atoms with Crippen LogP contribution in [0.25, 0.3) is 0 Å². The summed E-state index contributed by atoms with van der Waals surface area (Å²) in [4.78, 5) is 22.5. The molecule has 3 unspecified atom stereocenters. The number of carbonyl (C=O) groups excluding carboxylic acids is 1. The molecule has 1 amide bonds. The zero-order valence-corrected chi connectivity index (χ0v) is 30.2. The highest BCUT2D eigenvalue weighted by molar-refractivity contribution is 7.47. The highest BCUT2D eigenvalue weighted by Crippen LogP contribution is 2.43. The summed E-state index contributed by atoms with van der Waals surface area (Å²) in [6.45, 7) is 4.02. The maximum Gasteiger partial charge on any atom is 0.472 e. The third kappa shape index (κ3) is 31.1. The number of unbranched alkanes of at least 4 members (excludes halogenated alkanes) is 15. The van der Waals surface area contributed by atoms with Crippen molar-refractivity contribution in [3.63, 3.8) is 0 Å². The van der Waals surface area contributed by atoms with E-state index < -0.39 is 20.0 Å². The van der Waals surface area contributed by atoms with Crippen molar-refractivity contribution in [3.8, 4) is 0 Å². The van der Waals surface area contributed by atoms with Gasteiger partial charge in [-0.2, -0.15) is 0 Å². The minimum atomic E-state index is -4.33. The molecule has 0 heterocycles. The van der Waals surface area contributed by atoms with Gasteiger partial charge >= 0.3 is 7.82 Å². The molecule has 9 heteroatoms. The molecule has 0 bridgehead atoms. The van der Waals surface area contributed by atoms with Crippen molar-refractivity contribution >= 4 is 13.7 Å². The van der Waals surface area contributed by atoms with E-state index in [-0.39, 0.29) is 25.7 Å². The Balaban J connectivity index is 4.25. The number of hydrogen-bond donors (Lipinski definition) is 4. The largest absolute Gasteiger partial charge is 0.472 e. The van der Waals surface area contributed by atoms with Gasteiger partial charge in [-0.1, -0.05) is 133 Å². The van der Waals surface area contributed by atoms with Gasteiger partial charge in [0.1, 0.15) is 0 Å².